The van der Waals surface area contributed by atoms with Gasteiger partial charge in [0.1, 0.15) is 0 Å². The summed E-state index contributed by atoms with van der Waals surface area (Å²) in [5, 5.41) is 2.87. The Morgan fingerprint density at radius 3 is 2.60 bits per heavy atom. The van der Waals surface area contributed by atoms with Crippen LogP contribution in [0.5, 0.6) is 0 Å². The summed E-state index contributed by atoms with van der Waals surface area (Å²) in [6.07, 6.45) is 0.433. The first-order valence-electron chi connectivity index (χ1n) is 5.60. The van der Waals surface area contributed by atoms with Gasteiger partial charge in [0, 0.05) is 52.2 Å². The van der Waals surface area contributed by atoms with Crippen LogP contribution in [-0.4, -0.2) is 68.6 Å². The van der Waals surface area contributed by atoms with Crippen molar-refractivity contribution >= 4 is 5.91 Å². The molecule has 0 aromatic carbocycles. The average Bonchev–Trinajstić information content (AvgIpc) is 2.21. The topological polar surface area (TPSA) is 61.6 Å². The first kappa shape index (κ1) is 12.4. The fourth-order valence-electron chi connectivity index (χ4n) is 1.64. The first-order chi connectivity index (χ1) is 7.22. The predicted molar refractivity (Wildman–Crippen MR) is 60.6 cm³/mol. The van der Waals surface area contributed by atoms with Gasteiger partial charge in [-0.3, -0.25) is 9.69 Å². The number of nitrogens with two attached hydrogens (primary N) is 1. The Bertz CT molecular complexity index is 190. The molecule has 1 heterocycles. The molecular formula is C10H22N4O. The molecule has 3 N–H and O–H groups in total. The number of piperazine rings is 1. The Morgan fingerprint density at radius 2 is 2.00 bits per heavy atom. The van der Waals surface area contributed by atoms with E-state index in [0.29, 0.717) is 13.0 Å². The molecule has 0 aliphatic carbocycles. The van der Waals surface area contributed by atoms with Crippen molar-refractivity contribution in [2.75, 3.05) is 52.9 Å². The van der Waals surface area contributed by atoms with Crippen molar-refractivity contribution in [2.24, 2.45) is 5.73 Å². The van der Waals surface area contributed by atoms with Gasteiger partial charge in [0.15, 0.2) is 0 Å². The van der Waals surface area contributed by atoms with E-state index in [9.17, 15) is 4.79 Å². The van der Waals surface area contributed by atoms with Crippen LogP contribution in [0.4, 0.5) is 0 Å². The standard InChI is InChI=1S/C10H22N4O/c1-13-6-8-14(9-7-13)5-4-12-10(15)2-3-11/h2-9,11H2,1H3,(H,12,15). The maximum absolute atomic E-state index is 11.1. The lowest BCUT2D eigenvalue weighted by molar-refractivity contribution is -0.120. The highest BCUT2D eigenvalue weighted by molar-refractivity contribution is 5.75. The van der Waals surface area contributed by atoms with Crippen LogP contribution in [0.25, 0.3) is 0 Å². The van der Waals surface area contributed by atoms with Crippen LogP contribution in [0.3, 0.4) is 0 Å². The lowest BCUT2D eigenvalue weighted by Crippen LogP contribution is -2.47. The SMILES string of the molecule is CN1CCN(CCNC(=O)CCN)CC1. The van der Waals surface area contributed by atoms with Crippen LogP contribution in [-0.2, 0) is 4.79 Å². The quantitative estimate of drug-likeness (QED) is 0.597. The summed E-state index contributed by atoms with van der Waals surface area (Å²) < 4.78 is 0. The van der Waals surface area contributed by atoms with Gasteiger partial charge in [0.2, 0.25) is 5.91 Å². The van der Waals surface area contributed by atoms with Gasteiger partial charge in [-0.2, -0.15) is 0 Å². The lowest BCUT2D eigenvalue weighted by Gasteiger charge is -2.32. The minimum atomic E-state index is 0.0617. The van der Waals surface area contributed by atoms with Gasteiger partial charge in [0.25, 0.3) is 0 Å². The molecule has 0 unspecified atom stereocenters. The number of nitrogens with zero attached hydrogens (tertiary/aromatic N) is 2. The van der Waals surface area contributed by atoms with E-state index in [1.807, 2.05) is 0 Å². The predicted octanol–water partition coefficient (Wildman–Crippen LogP) is -1.30. The van der Waals surface area contributed by atoms with Crippen LogP contribution in [0.2, 0.25) is 0 Å². The second kappa shape index (κ2) is 6.76. The van der Waals surface area contributed by atoms with Crippen molar-refractivity contribution in [1.82, 2.24) is 15.1 Å². The van der Waals surface area contributed by atoms with Gasteiger partial charge < -0.3 is 16.0 Å². The number of rotatable bonds is 5. The molecule has 5 nitrogen and oxygen atoms in total. The molecular weight excluding hydrogens is 192 g/mol. The zero-order valence-electron chi connectivity index (χ0n) is 9.54. The minimum absolute atomic E-state index is 0.0617. The monoisotopic (exact) mass is 214 g/mol. The van der Waals surface area contributed by atoms with E-state index in [-0.39, 0.29) is 5.91 Å². The molecule has 88 valence electrons. The van der Waals surface area contributed by atoms with Gasteiger partial charge in [-0.1, -0.05) is 0 Å². The van der Waals surface area contributed by atoms with Gasteiger partial charge >= 0.3 is 0 Å². The summed E-state index contributed by atoms with van der Waals surface area (Å²) >= 11 is 0. The molecule has 1 saturated heterocycles. The van der Waals surface area contributed by atoms with Gasteiger partial charge in [-0.25, -0.2) is 0 Å². The van der Waals surface area contributed by atoms with Crippen LogP contribution in [0.1, 0.15) is 6.42 Å². The summed E-state index contributed by atoms with van der Waals surface area (Å²) in [5.41, 5.74) is 5.28. The molecule has 1 rings (SSSR count). The van der Waals surface area contributed by atoms with Crippen LogP contribution < -0.4 is 11.1 Å². The third-order valence-electron chi connectivity index (χ3n) is 2.72. The smallest absolute Gasteiger partial charge is 0.221 e. The summed E-state index contributed by atoms with van der Waals surface area (Å²) in [6.45, 7) is 6.56. The second-order valence-electron chi connectivity index (χ2n) is 4.03. The highest BCUT2D eigenvalue weighted by Crippen LogP contribution is 1.97. The highest BCUT2D eigenvalue weighted by Gasteiger charge is 2.12. The molecule has 0 atom stereocenters. The van der Waals surface area contributed by atoms with Gasteiger partial charge in [-0.05, 0) is 7.05 Å². The average molecular weight is 214 g/mol. The number of nitrogens with one attached hydrogen (secondary N) is 1. The maximum atomic E-state index is 11.1. The lowest BCUT2D eigenvalue weighted by atomic mass is 10.3. The van der Waals surface area contributed by atoms with Crippen molar-refractivity contribution < 1.29 is 4.79 Å². The number of amides is 1. The molecule has 1 aliphatic heterocycles. The van der Waals surface area contributed by atoms with E-state index in [1.165, 1.54) is 0 Å². The van der Waals surface area contributed by atoms with E-state index in [1.54, 1.807) is 0 Å². The number of carbonyl (C=O) groups is 1. The molecule has 1 amide bonds. The Kier molecular flexibility index (Phi) is 5.60. The molecule has 1 aliphatic rings. The van der Waals surface area contributed by atoms with E-state index >= 15 is 0 Å². The largest absolute Gasteiger partial charge is 0.355 e. The molecule has 15 heavy (non-hydrogen) atoms. The zero-order chi connectivity index (χ0) is 11.1. The Morgan fingerprint density at radius 1 is 1.33 bits per heavy atom. The summed E-state index contributed by atoms with van der Waals surface area (Å²) in [5.74, 6) is 0.0617. The molecule has 1 fully saturated rings. The first-order valence-corrected chi connectivity index (χ1v) is 5.60. The van der Waals surface area contributed by atoms with E-state index in [2.05, 4.69) is 22.2 Å². The Hall–Kier alpha value is -0.650. The van der Waals surface area contributed by atoms with Gasteiger partial charge in [-0.15, -0.1) is 0 Å². The normalized spacial score (nSPS) is 19.1. The van der Waals surface area contributed by atoms with E-state index in [4.69, 9.17) is 5.73 Å². The Balaban J connectivity index is 2.02. The molecule has 0 aromatic rings. The maximum Gasteiger partial charge on any atom is 0.221 e. The molecule has 5 heteroatoms. The summed E-state index contributed by atoms with van der Waals surface area (Å²) in [4.78, 5) is 15.8. The van der Waals surface area contributed by atoms with Crippen molar-refractivity contribution in [2.45, 2.75) is 6.42 Å². The Labute approximate surface area is 91.6 Å². The number of hydrogen-bond acceptors (Lipinski definition) is 4. The van der Waals surface area contributed by atoms with Crippen molar-refractivity contribution in [1.29, 1.82) is 0 Å². The second-order valence-corrected chi connectivity index (χ2v) is 4.03. The fourth-order valence-corrected chi connectivity index (χ4v) is 1.64. The molecule has 0 saturated carbocycles. The third-order valence-corrected chi connectivity index (χ3v) is 2.72. The summed E-state index contributed by atoms with van der Waals surface area (Å²) in [7, 11) is 2.14. The van der Waals surface area contributed by atoms with Crippen molar-refractivity contribution in [3.05, 3.63) is 0 Å². The fraction of sp³-hybridized carbons (Fsp3) is 0.900. The molecule has 0 spiro atoms. The van der Waals surface area contributed by atoms with Crippen molar-refractivity contribution in [3.8, 4) is 0 Å². The molecule has 0 radical (unpaired) electrons. The number of hydrogen-bond donors (Lipinski definition) is 2. The minimum Gasteiger partial charge on any atom is -0.355 e. The summed E-state index contributed by atoms with van der Waals surface area (Å²) in [6, 6.07) is 0. The van der Waals surface area contributed by atoms with Crippen LogP contribution in [0.15, 0.2) is 0 Å². The third kappa shape index (κ3) is 5.11. The number of likely N-dealkylation sites (N-methyl/N-ethyl adjacent to an activating group) is 1. The van der Waals surface area contributed by atoms with Crippen molar-refractivity contribution in [3.63, 3.8) is 0 Å². The van der Waals surface area contributed by atoms with E-state index < -0.39 is 0 Å². The van der Waals surface area contributed by atoms with Gasteiger partial charge in [0.05, 0.1) is 0 Å². The molecule has 0 bridgehead atoms. The van der Waals surface area contributed by atoms with Crippen LogP contribution >= 0.6 is 0 Å². The molecule has 0 aromatic heterocycles. The zero-order valence-corrected chi connectivity index (χ0v) is 9.54. The van der Waals surface area contributed by atoms with E-state index in [0.717, 1.165) is 39.3 Å². The van der Waals surface area contributed by atoms with Crippen LogP contribution in [0, 0.1) is 0 Å². The number of carbonyl (C=O) groups excluding carboxylic acids is 1. The highest BCUT2D eigenvalue weighted by atomic mass is 16.1.